The number of aryl methyl sites for hydroxylation is 2. The number of carbonyl (C=O) groups excluding carboxylic acids is 1. The maximum absolute atomic E-state index is 11.9. The van der Waals surface area contributed by atoms with Gasteiger partial charge < -0.3 is 10.3 Å². The Morgan fingerprint density at radius 3 is 2.96 bits per heavy atom. The molecule has 1 fully saturated rings. The molecule has 0 spiro atoms. The molecule has 2 aliphatic rings. The van der Waals surface area contributed by atoms with Crippen molar-refractivity contribution in [2.75, 3.05) is 13.1 Å². The van der Waals surface area contributed by atoms with Crippen LogP contribution in [-0.4, -0.2) is 38.8 Å². The second kappa shape index (κ2) is 6.05. The van der Waals surface area contributed by atoms with Crippen LogP contribution >= 0.6 is 0 Å². The van der Waals surface area contributed by atoms with Gasteiger partial charge in [0.05, 0.1) is 12.1 Å². The lowest BCUT2D eigenvalue weighted by Gasteiger charge is -2.15. The van der Waals surface area contributed by atoms with E-state index in [9.17, 15) is 4.79 Å². The summed E-state index contributed by atoms with van der Waals surface area (Å²) in [5.41, 5.74) is 9.03. The van der Waals surface area contributed by atoms with Crippen LogP contribution in [0.1, 0.15) is 41.3 Å². The van der Waals surface area contributed by atoms with Crippen molar-refractivity contribution in [2.45, 2.75) is 38.1 Å². The van der Waals surface area contributed by atoms with Crippen LogP contribution in [0.4, 0.5) is 0 Å². The Morgan fingerprint density at radius 1 is 1.38 bits per heavy atom. The van der Waals surface area contributed by atoms with Gasteiger partial charge in [-0.05, 0) is 24.8 Å². The molecule has 0 unspecified atom stereocenters. The van der Waals surface area contributed by atoms with Gasteiger partial charge in [0.2, 0.25) is 5.91 Å². The number of nitrogens with two attached hydrogens (primary N) is 1. The average molecular weight is 329 g/mol. The molecule has 1 aliphatic carbocycles. The summed E-state index contributed by atoms with van der Waals surface area (Å²) in [6.07, 6.45) is 8.23. The second-order valence-corrected chi connectivity index (χ2v) is 6.99. The summed E-state index contributed by atoms with van der Waals surface area (Å²) < 4.78 is 7.27. The van der Waals surface area contributed by atoms with Crippen molar-refractivity contribution in [3.8, 4) is 0 Å². The third kappa shape index (κ3) is 2.73. The molecular formula is C17H23N5O2. The Bertz CT molecular complexity index is 750. The first kappa shape index (κ1) is 15.4. The van der Waals surface area contributed by atoms with Crippen molar-refractivity contribution < 1.29 is 9.32 Å². The highest BCUT2D eigenvalue weighted by Gasteiger charge is 2.38. The molecule has 2 atom stereocenters. The van der Waals surface area contributed by atoms with Crippen molar-refractivity contribution in [3.63, 3.8) is 0 Å². The van der Waals surface area contributed by atoms with Crippen molar-refractivity contribution in [1.82, 2.24) is 19.8 Å². The van der Waals surface area contributed by atoms with Crippen LogP contribution in [0.15, 0.2) is 16.9 Å². The monoisotopic (exact) mass is 329 g/mol. The van der Waals surface area contributed by atoms with E-state index in [1.807, 2.05) is 19.4 Å². The van der Waals surface area contributed by atoms with E-state index in [2.05, 4.69) is 15.2 Å². The highest BCUT2D eigenvalue weighted by atomic mass is 16.5. The zero-order valence-corrected chi connectivity index (χ0v) is 13.9. The van der Waals surface area contributed by atoms with Crippen LogP contribution in [0.5, 0.6) is 0 Å². The first-order valence-electron chi connectivity index (χ1n) is 8.58. The topological polar surface area (TPSA) is 90.2 Å². The fraction of sp³-hybridized carbons (Fsp3) is 0.588. The van der Waals surface area contributed by atoms with Gasteiger partial charge in [0.1, 0.15) is 11.5 Å². The summed E-state index contributed by atoms with van der Waals surface area (Å²) in [4.78, 5) is 14.2. The Kier molecular flexibility index (Phi) is 3.88. The number of hydrogen-bond acceptors (Lipinski definition) is 5. The van der Waals surface area contributed by atoms with Gasteiger partial charge in [-0.1, -0.05) is 5.16 Å². The Hall–Kier alpha value is -2.15. The first-order chi connectivity index (χ1) is 11.6. The Labute approximate surface area is 140 Å². The van der Waals surface area contributed by atoms with E-state index < -0.39 is 0 Å². The molecule has 0 radical (unpaired) electrons. The minimum Gasteiger partial charge on any atom is -0.369 e. The van der Waals surface area contributed by atoms with Gasteiger partial charge in [-0.25, -0.2) is 0 Å². The molecule has 0 saturated carbocycles. The second-order valence-electron chi connectivity index (χ2n) is 6.99. The maximum Gasteiger partial charge on any atom is 0.222 e. The van der Waals surface area contributed by atoms with Gasteiger partial charge in [0.25, 0.3) is 0 Å². The van der Waals surface area contributed by atoms with E-state index in [0.29, 0.717) is 6.54 Å². The number of carbonyl (C=O) groups is 1. The normalized spacial score (nSPS) is 24.2. The predicted molar refractivity (Wildman–Crippen MR) is 87.1 cm³/mol. The number of nitrogens with zero attached hydrogens (tertiary/aromatic N) is 4. The molecule has 1 amide bonds. The number of hydrogen-bond donors (Lipinski definition) is 1. The van der Waals surface area contributed by atoms with Gasteiger partial charge in [-0.2, -0.15) is 5.10 Å². The molecule has 24 heavy (non-hydrogen) atoms. The van der Waals surface area contributed by atoms with Crippen LogP contribution in [0.25, 0.3) is 0 Å². The number of likely N-dealkylation sites (tertiary alicyclic amines) is 1. The molecule has 0 aromatic carbocycles. The fourth-order valence-corrected chi connectivity index (χ4v) is 4.06. The average Bonchev–Trinajstić information content (AvgIpc) is 3.26. The quantitative estimate of drug-likeness (QED) is 0.903. The minimum atomic E-state index is -0.242. The molecule has 1 aliphatic heterocycles. The number of amides is 1. The molecule has 7 heteroatoms. The number of rotatable bonds is 4. The predicted octanol–water partition coefficient (Wildman–Crippen LogP) is 0.988. The van der Waals surface area contributed by atoms with Crippen molar-refractivity contribution >= 4 is 5.91 Å². The molecule has 2 N–H and O–H groups in total. The Balaban J connectivity index is 1.53. The molecule has 1 saturated heterocycles. The molecule has 2 aromatic heterocycles. The zero-order chi connectivity index (χ0) is 16.7. The molecule has 4 rings (SSSR count). The van der Waals surface area contributed by atoms with E-state index in [1.165, 1.54) is 18.4 Å². The van der Waals surface area contributed by atoms with E-state index >= 15 is 0 Å². The largest absolute Gasteiger partial charge is 0.369 e. The van der Waals surface area contributed by atoms with Crippen LogP contribution in [-0.2, 0) is 31.2 Å². The lowest BCUT2D eigenvalue weighted by molar-refractivity contribution is -0.121. The zero-order valence-electron chi connectivity index (χ0n) is 13.9. The van der Waals surface area contributed by atoms with Gasteiger partial charge in [0, 0.05) is 50.8 Å². The number of primary amides is 1. The van der Waals surface area contributed by atoms with Crippen molar-refractivity contribution in [3.05, 3.63) is 35.0 Å². The van der Waals surface area contributed by atoms with Gasteiger partial charge >= 0.3 is 0 Å². The standard InChI is InChI=1S/C17H23N5O2/c1-21-7-11(6-19-21)13-8-22(9-14(13)17(18)23)10-15-12-4-2-3-5-16(12)24-20-15/h6-7,13-14H,2-5,8-10H2,1H3,(H2,18,23)/t13-,14+/m1/s1. The molecular weight excluding hydrogens is 306 g/mol. The third-order valence-electron chi connectivity index (χ3n) is 5.32. The number of fused-ring (bicyclic) bond motifs is 1. The minimum absolute atomic E-state index is 0.0962. The molecule has 128 valence electrons. The summed E-state index contributed by atoms with van der Waals surface area (Å²) in [7, 11) is 1.89. The van der Waals surface area contributed by atoms with Gasteiger partial charge in [-0.3, -0.25) is 14.4 Å². The van der Waals surface area contributed by atoms with E-state index in [1.54, 1.807) is 4.68 Å². The summed E-state index contributed by atoms with van der Waals surface area (Å²) in [6, 6.07) is 0. The SMILES string of the molecule is Cn1cc([C@H]2CN(Cc3noc4c3CCCC4)C[C@@H]2C(N)=O)cn1. The fourth-order valence-electron chi connectivity index (χ4n) is 4.06. The van der Waals surface area contributed by atoms with E-state index in [4.69, 9.17) is 10.3 Å². The summed E-state index contributed by atoms with van der Waals surface area (Å²) >= 11 is 0. The number of aromatic nitrogens is 3. The highest BCUT2D eigenvalue weighted by molar-refractivity contribution is 5.78. The smallest absolute Gasteiger partial charge is 0.222 e. The van der Waals surface area contributed by atoms with Crippen molar-refractivity contribution in [1.29, 1.82) is 0 Å². The lowest BCUT2D eigenvalue weighted by Crippen LogP contribution is -2.29. The van der Waals surface area contributed by atoms with E-state index in [0.717, 1.165) is 42.9 Å². The highest BCUT2D eigenvalue weighted by Crippen LogP contribution is 2.34. The summed E-state index contributed by atoms with van der Waals surface area (Å²) in [6.45, 7) is 2.18. The molecule has 7 nitrogen and oxygen atoms in total. The summed E-state index contributed by atoms with van der Waals surface area (Å²) in [5.74, 6) is 0.718. The summed E-state index contributed by atoms with van der Waals surface area (Å²) in [5, 5.41) is 8.52. The van der Waals surface area contributed by atoms with Crippen LogP contribution in [0.2, 0.25) is 0 Å². The molecule has 2 aromatic rings. The van der Waals surface area contributed by atoms with E-state index in [-0.39, 0.29) is 17.7 Å². The third-order valence-corrected chi connectivity index (χ3v) is 5.32. The molecule has 0 bridgehead atoms. The lowest BCUT2D eigenvalue weighted by atomic mass is 9.90. The van der Waals surface area contributed by atoms with Crippen molar-refractivity contribution in [2.24, 2.45) is 18.7 Å². The van der Waals surface area contributed by atoms with Gasteiger partial charge in [0.15, 0.2) is 0 Å². The molecule has 3 heterocycles. The maximum atomic E-state index is 11.9. The van der Waals surface area contributed by atoms with Crippen LogP contribution in [0.3, 0.4) is 0 Å². The Morgan fingerprint density at radius 2 is 2.21 bits per heavy atom. The first-order valence-corrected chi connectivity index (χ1v) is 8.58. The van der Waals surface area contributed by atoms with Gasteiger partial charge in [-0.15, -0.1) is 0 Å². The van der Waals surface area contributed by atoms with Crippen LogP contribution < -0.4 is 5.73 Å². The van der Waals surface area contributed by atoms with Crippen LogP contribution in [0, 0.1) is 5.92 Å².